The lowest BCUT2D eigenvalue weighted by atomic mass is 9.93. The molecule has 0 bridgehead atoms. The second-order valence-corrected chi connectivity index (χ2v) is 3.79. The Kier molecular flexibility index (Phi) is 5.58. The van der Waals surface area contributed by atoms with Crippen LogP contribution >= 0.6 is 0 Å². The third-order valence-electron chi connectivity index (χ3n) is 2.68. The van der Waals surface area contributed by atoms with E-state index in [1.54, 1.807) is 0 Å². The number of nitrogens with two attached hydrogens (primary N) is 1. The normalized spacial score (nSPS) is 12.0. The highest BCUT2D eigenvalue weighted by Crippen LogP contribution is 2.20. The summed E-state index contributed by atoms with van der Waals surface area (Å²) in [5, 5.41) is 0. The average molecular weight is 201 g/mol. The summed E-state index contributed by atoms with van der Waals surface area (Å²) in [5.41, 5.74) is 7.13. The molecule has 0 amide bonds. The smallest absolute Gasteiger partial charge is 0.00860 e. The van der Waals surface area contributed by atoms with Crippen LogP contribution < -0.4 is 5.73 Å². The first-order chi connectivity index (χ1) is 7.38. The Morgan fingerprint density at radius 1 is 1.20 bits per heavy atom. The molecule has 0 saturated heterocycles. The molecule has 15 heavy (non-hydrogen) atoms. The zero-order valence-electron chi connectivity index (χ0n) is 9.15. The Morgan fingerprint density at radius 3 is 2.53 bits per heavy atom. The highest BCUT2D eigenvalue weighted by molar-refractivity contribution is 5.19. The van der Waals surface area contributed by atoms with Crippen LogP contribution in [0.1, 0.15) is 37.2 Å². The third-order valence-corrected chi connectivity index (χ3v) is 2.68. The average Bonchev–Trinajstić information content (AvgIpc) is 2.30. The molecule has 1 heteroatoms. The van der Waals surface area contributed by atoms with Crippen LogP contribution in [0.4, 0.5) is 0 Å². The van der Waals surface area contributed by atoms with Crippen LogP contribution in [-0.4, -0.2) is 6.54 Å². The molecule has 0 heterocycles. The zero-order chi connectivity index (χ0) is 10.9. The van der Waals surface area contributed by atoms with Crippen LogP contribution in [0.3, 0.4) is 0 Å². The van der Waals surface area contributed by atoms with Gasteiger partial charge in [-0.05, 0) is 30.9 Å². The van der Waals surface area contributed by atoms with Crippen LogP contribution in [0.5, 0.6) is 0 Å². The molecule has 0 aliphatic heterocycles. The zero-order valence-corrected chi connectivity index (χ0v) is 9.15. The maximum Gasteiger partial charge on any atom is 0.00860 e. The van der Waals surface area contributed by atoms with Gasteiger partial charge in [-0.25, -0.2) is 0 Å². The predicted octanol–water partition coefficient (Wildman–Crippen LogP) is 2.92. The van der Waals surface area contributed by atoms with E-state index in [1.165, 1.54) is 12.0 Å². The minimum atomic E-state index is 0.490. The van der Waals surface area contributed by atoms with Gasteiger partial charge in [-0.3, -0.25) is 0 Å². The van der Waals surface area contributed by atoms with E-state index >= 15 is 0 Å². The van der Waals surface area contributed by atoms with Gasteiger partial charge in [-0.15, -0.1) is 12.3 Å². The first-order valence-corrected chi connectivity index (χ1v) is 5.57. The van der Waals surface area contributed by atoms with E-state index < -0.39 is 0 Å². The molecule has 1 nitrogen and oxygen atoms in total. The molecule has 0 fully saturated rings. The molecule has 1 atom stereocenters. The summed E-state index contributed by atoms with van der Waals surface area (Å²) in [6.07, 6.45) is 9.51. The summed E-state index contributed by atoms with van der Waals surface area (Å²) >= 11 is 0. The van der Waals surface area contributed by atoms with E-state index in [9.17, 15) is 0 Å². The standard InChI is InChI=1S/C14H19N/c1-2-3-4-6-11-14(12-15)13-9-7-5-8-10-13/h1,5,7-10,14H,3-4,6,11-12,15H2. The summed E-state index contributed by atoms with van der Waals surface area (Å²) in [4.78, 5) is 0. The minimum absolute atomic E-state index is 0.490. The molecule has 0 spiro atoms. The molecular weight excluding hydrogens is 182 g/mol. The molecule has 0 saturated carbocycles. The molecule has 0 aliphatic rings. The number of hydrogen-bond acceptors (Lipinski definition) is 1. The van der Waals surface area contributed by atoms with Gasteiger partial charge in [0.05, 0.1) is 0 Å². The van der Waals surface area contributed by atoms with Crippen LogP contribution in [0, 0.1) is 12.3 Å². The summed E-state index contributed by atoms with van der Waals surface area (Å²) < 4.78 is 0. The number of rotatable bonds is 6. The van der Waals surface area contributed by atoms with Crippen LogP contribution in [0.2, 0.25) is 0 Å². The van der Waals surface area contributed by atoms with Crippen molar-refractivity contribution in [2.45, 2.75) is 31.6 Å². The molecule has 0 aromatic heterocycles. The van der Waals surface area contributed by atoms with Crippen molar-refractivity contribution in [3.8, 4) is 12.3 Å². The second-order valence-electron chi connectivity index (χ2n) is 3.79. The highest BCUT2D eigenvalue weighted by atomic mass is 14.5. The van der Waals surface area contributed by atoms with Gasteiger partial charge < -0.3 is 5.73 Å². The SMILES string of the molecule is C#CCCCCC(CN)c1ccccc1. The molecular formula is C14H19N. The van der Waals surface area contributed by atoms with Crippen molar-refractivity contribution < 1.29 is 0 Å². The fourth-order valence-corrected chi connectivity index (χ4v) is 1.76. The summed E-state index contributed by atoms with van der Waals surface area (Å²) in [6, 6.07) is 10.5. The molecule has 80 valence electrons. The Hall–Kier alpha value is -1.26. The number of unbranched alkanes of at least 4 members (excludes halogenated alkanes) is 2. The molecule has 1 rings (SSSR count). The van der Waals surface area contributed by atoms with Gasteiger partial charge in [0.1, 0.15) is 0 Å². The monoisotopic (exact) mass is 201 g/mol. The second kappa shape index (κ2) is 7.09. The molecule has 0 aliphatic carbocycles. The fourth-order valence-electron chi connectivity index (χ4n) is 1.76. The molecule has 1 aromatic carbocycles. The summed E-state index contributed by atoms with van der Waals surface area (Å²) in [6.45, 7) is 0.722. The fraction of sp³-hybridized carbons (Fsp3) is 0.429. The maximum absolute atomic E-state index is 5.78. The summed E-state index contributed by atoms with van der Waals surface area (Å²) in [5.74, 6) is 3.16. The van der Waals surface area contributed by atoms with E-state index in [1.807, 2.05) is 6.07 Å². The van der Waals surface area contributed by atoms with Gasteiger partial charge >= 0.3 is 0 Å². The highest BCUT2D eigenvalue weighted by Gasteiger charge is 2.07. The topological polar surface area (TPSA) is 26.0 Å². The number of benzene rings is 1. The quantitative estimate of drug-likeness (QED) is 0.556. The summed E-state index contributed by atoms with van der Waals surface area (Å²) in [7, 11) is 0. The first kappa shape index (κ1) is 11.8. The van der Waals surface area contributed by atoms with E-state index in [-0.39, 0.29) is 0 Å². The van der Waals surface area contributed by atoms with Gasteiger partial charge in [0, 0.05) is 6.42 Å². The van der Waals surface area contributed by atoms with Crippen molar-refractivity contribution in [1.29, 1.82) is 0 Å². The van der Waals surface area contributed by atoms with Crippen molar-refractivity contribution in [2.75, 3.05) is 6.54 Å². The van der Waals surface area contributed by atoms with Crippen molar-refractivity contribution in [3.63, 3.8) is 0 Å². The molecule has 1 unspecified atom stereocenters. The first-order valence-electron chi connectivity index (χ1n) is 5.57. The van der Waals surface area contributed by atoms with E-state index in [0.29, 0.717) is 5.92 Å². The molecule has 2 N–H and O–H groups in total. The van der Waals surface area contributed by atoms with Gasteiger partial charge in [-0.1, -0.05) is 36.8 Å². The maximum atomic E-state index is 5.78. The van der Waals surface area contributed by atoms with Gasteiger partial charge in [0.25, 0.3) is 0 Å². The molecule has 0 radical (unpaired) electrons. The predicted molar refractivity (Wildman–Crippen MR) is 65.5 cm³/mol. The lowest BCUT2D eigenvalue weighted by Crippen LogP contribution is -2.12. The van der Waals surface area contributed by atoms with Crippen molar-refractivity contribution >= 4 is 0 Å². The van der Waals surface area contributed by atoms with Gasteiger partial charge in [-0.2, -0.15) is 0 Å². The van der Waals surface area contributed by atoms with Crippen molar-refractivity contribution in [3.05, 3.63) is 35.9 Å². The van der Waals surface area contributed by atoms with Gasteiger partial charge in [0.15, 0.2) is 0 Å². The largest absolute Gasteiger partial charge is 0.330 e. The number of terminal acetylenes is 1. The van der Waals surface area contributed by atoms with E-state index in [4.69, 9.17) is 12.2 Å². The Balaban J connectivity index is 2.40. The van der Waals surface area contributed by atoms with Crippen molar-refractivity contribution in [2.24, 2.45) is 5.73 Å². The van der Waals surface area contributed by atoms with Crippen molar-refractivity contribution in [1.82, 2.24) is 0 Å². The van der Waals surface area contributed by atoms with Gasteiger partial charge in [0.2, 0.25) is 0 Å². The minimum Gasteiger partial charge on any atom is -0.330 e. The number of hydrogen-bond donors (Lipinski definition) is 1. The van der Waals surface area contributed by atoms with Crippen LogP contribution in [-0.2, 0) is 0 Å². The van der Waals surface area contributed by atoms with E-state index in [2.05, 4.69) is 30.2 Å². The van der Waals surface area contributed by atoms with Crippen LogP contribution in [0.25, 0.3) is 0 Å². The molecule has 1 aromatic rings. The van der Waals surface area contributed by atoms with Crippen LogP contribution in [0.15, 0.2) is 30.3 Å². The Labute approximate surface area is 92.7 Å². The Morgan fingerprint density at radius 2 is 1.93 bits per heavy atom. The lowest BCUT2D eigenvalue weighted by molar-refractivity contribution is 0.582. The van der Waals surface area contributed by atoms with E-state index in [0.717, 1.165) is 25.8 Å². The Bertz CT molecular complexity index is 297. The lowest BCUT2D eigenvalue weighted by Gasteiger charge is -2.14. The third kappa shape index (κ3) is 4.18.